The van der Waals surface area contributed by atoms with Gasteiger partial charge < -0.3 is 20.4 Å². The number of carbonyl (C=O) groups is 2. The summed E-state index contributed by atoms with van der Waals surface area (Å²) in [5.74, 6) is -0.480. The van der Waals surface area contributed by atoms with Crippen molar-refractivity contribution in [1.82, 2.24) is 10.2 Å². The van der Waals surface area contributed by atoms with Gasteiger partial charge in [-0.05, 0) is 18.8 Å². The van der Waals surface area contributed by atoms with E-state index in [0.29, 0.717) is 12.5 Å². The molecule has 1 aliphatic heterocycles. The third-order valence-electron chi connectivity index (χ3n) is 3.06. The Bertz CT molecular complexity index is 306. The minimum absolute atomic E-state index is 0.0903. The summed E-state index contributed by atoms with van der Waals surface area (Å²) in [6, 6.07) is -1.31. The summed E-state index contributed by atoms with van der Waals surface area (Å²) in [6.45, 7) is 4.85. The lowest BCUT2D eigenvalue weighted by Crippen LogP contribution is -2.46. The van der Waals surface area contributed by atoms with E-state index in [9.17, 15) is 14.7 Å². The molecule has 6 nitrogen and oxygen atoms in total. The average molecular weight is 258 g/mol. The molecule has 1 fully saturated rings. The van der Waals surface area contributed by atoms with Gasteiger partial charge in [0.15, 0.2) is 0 Å². The van der Waals surface area contributed by atoms with Crippen LogP contribution >= 0.6 is 0 Å². The molecule has 0 aromatic rings. The number of carboxylic acid groups (broad SMARTS) is 1. The topological polar surface area (TPSA) is 89.9 Å². The van der Waals surface area contributed by atoms with Crippen molar-refractivity contribution >= 4 is 12.0 Å². The van der Waals surface area contributed by atoms with Crippen molar-refractivity contribution in [1.29, 1.82) is 0 Å². The van der Waals surface area contributed by atoms with E-state index in [1.54, 1.807) is 0 Å². The Kier molecular flexibility index (Phi) is 5.40. The highest BCUT2D eigenvalue weighted by Crippen LogP contribution is 2.18. The smallest absolute Gasteiger partial charge is 0.326 e. The van der Waals surface area contributed by atoms with Gasteiger partial charge in [0.25, 0.3) is 0 Å². The van der Waals surface area contributed by atoms with Gasteiger partial charge in [0.1, 0.15) is 6.04 Å². The molecule has 104 valence electrons. The molecule has 0 bridgehead atoms. The number of aliphatic carboxylic acids is 1. The van der Waals surface area contributed by atoms with E-state index in [1.807, 2.05) is 0 Å². The molecular weight excluding hydrogens is 236 g/mol. The minimum atomic E-state index is -1.07. The first-order valence-electron chi connectivity index (χ1n) is 6.37. The molecule has 0 spiro atoms. The molecular formula is C12H22N2O4. The minimum Gasteiger partial charge on any atom is -0.480 e. The van der Waals surface area contributed by atoms with E-state index >= 15 is 0 Å². The van der Waals surface area contributed by atoms with Crippen LogP contribution in [0.3, 0.4) is 0 Å². The van der Waals surface area contributed by atoms with Crippen molar-refractivity contribution < 1.29 is 19.8 Å². The maximum atomic E-state index is 11.8. The van der Waals surface area contributed by atoms with E-state index in [0.717, 1.165) is 12.8 Å². The predicted octanol–water partition coefficient (Wildman–Crippen LogP) is 0.652. The van der Waals surface area contributed by atoms with Crippen LogP contribution in [0.1, 0.15) is 33.1 Å². The van der Waals surface area contributed by atoms with E-state index in [-0.39, 0.29) is 13.0 Å². The van der Waals surface area contributed by atoms with Crippen LogP contribution in [0.25, 0.3) is 0 Å². The zero-order valence-corrected chi connectivity index (χ0v) is 10.9. The number of aliphatic hydroxyl groups excluding tert-OH is 1. The molecule has 1 saturated heterocycles. The SMILES string of the molecule is CC(C)CCCNC(=O)N1CC(O)C[C@H]1C(=O)O. The fourth-order valence-corrected chi connectivity index (χ4v) is 2.08. The number of rotatable bonds is 5. The molecule has 18 heavy (non-hydrogen) atoms. The lowest BCUT2D eigenvalue weighted by molar-refractivity contribution is -0.141. The molecule has 0 saturated carbocycles. The summed E-state index contributed by atoms with van der Waals surface area (Å²) in [6.07, 6.45) is 1.25. The molecule has 1 unspecified atom stereocenters. The molecule has 6 heteroatoms. The number of hydrogen-bond donors (Lipinski definition) is 3. The summed E-state index contributed by atoms with van der Waals surface area (Å²) < 4.78 is 0. The number of nitrogens with one attached hydrogen (secondary N) is 1. The Morgan fingerprint density at radius 3 is 2.67 bits per heavy atom. The number of aliphatic hydroxyl groups is 1. The van der Waals surface area contributed by atoms with Crippen LogP contribution in [-0.4, -0.2) is 52.3 Å². The third kappa shape index (κ3) is 4.18. The van der Waals surface area contributed by atoms with Crippen molar-refractivity contribution in [3.63, 3.8) is 0 Å². The van der Waals surface area contributed by atoms with Gasteiger partial charge >= 0.3 is 12.0 Å². The average Bonchev–Trinajstić information content (AvgIpc) is 2.66. The standard InChI is InChI=1S/C12H22N2O4/c1-8(2)4-3-5-13-12(18)14-7-9(15)6-10(14)11(16)17/h8-10,15H,3-7H2,1-2H3,(H,13,18)(H,16,17)/t9?,10-/m0/s1. The van der Waals surface area contributed by atoms with Gasteiger partial charge in [-0.1, -0.05) is 13.8 Å². The zero-order chi connectivity index (χ0) is 13.7. The first-order chi connectivity index (χ1) is 8.41. The number of urea groups is 1. The Hall–Kier alpha value is -1.30. The normalized spacial score (nSPS) is 23.4. The molecule has 0 aromatic carbocycles. The second-order valence-electron chi connectivity index (χ2n) is 5.16. The summed E-state index contributed by atoms with van der Waals surface area (Å²) >= 11 is 0. The van der Waals surface area contributed by atoms with Gasteiger partial charge in [-0.25, -0.2) is 9.59 Å². The summed E-state index contributed by atoms with van der Waals surface area (Å²) in [5.41, 5.74) is 0. The van der Waals surface area contributed by atoms with Crippen LogP contribution in [0.15, 0.2) is 0 Å². The number of β-amino-alcohol motifs (C(OH)–C–C–N with tert-alkyl or cyclic N) is 1. The quantitative estimate of drug-likeness (QED) is 0.632. The van der Waals surface area contributed by atoms with Gasteiger partial charge in [-0.3, -0.25) is 0 Å². The van der Waals surface area contributed by atoms with E-state index < -0.39 is 24.1 Å². The molecule has 3 N–H and O–H groups in total. The number of carbonyl (C=O) groups excluding carboxylic acids is 1. The van der Waals surface area contributed by atoms with E-state index in [2.05, 4.69) is 19.2 Å². The van der Waals surface area contributed by atoms with Crippen LogP contribution in [0, 0.1) is 5.92 Å². The second kappa shape index (κ2) is 6.58. The Labute approximate surface area is 107 Å². The number of likely N-dealkylation sites (tertiary alicyclic amines) is 1. The molecule has 1 heterocycles. The van der Waals surface area contributed by atoms with Crippen LogP contribution in [0.2, 0.25) is 0 Å². The van der Waals surface area contributed by atoms with Crippen molar-refractivity contribution in [2.75, 3.05) is 13.1 Å². The van der Waals surface area contributed by atoms with E-state index in [1.165, 1.54) is 4.90 Å². The second-order valence-corrected chi connectivity index (χ2v) is 5.16. The summed E-state index contributed by atoms with van der Waals surface area (Å²) in [5, 5.41) is 21.1. The highest BCUT2D eigenvalue weighted by molar-refractivity contribution is 5.83. The lowest BCUT2D eigenvalue weighted by Gasteiger charge is -2.21. The molecule has 2 atom stereocenters. The Balaban J connectivity index is 2.38. The van der Waals surface area contributed by atoms with Crippen LogP contribution in [0.5, 0.6) is 0 Å². The number of amides is 2. The monoisotopic (exact) mass is 258 g/mol. The zero-order valence-electron chi connectivity index (χ0n) is 10.9. The highest BCUT2D eigenvalue weighted by Gasteiger charge is 2.38. The van der Waals surface area contributed by atoms with Crippen molar-refractivity contribution in [3.8, 4) is 0 Å². The summed E-state index contributed by atoms with van der Waals surface area (Å²) in [4.78, 5) is 23.9. The van der Waals surface area contributed by atoms with Crippen LogP contribution in [-0.2, 0) is 4.79 Å². The van der Waals surface area contributed by atoms with Gasteiger partial charge in [-0.15, -0.1) is 0 Å². The van der Waals surface area contributed by atoms with Gasteiger partial charge in [-0.2, -0.15) is 0 Å². The maximum Gasteiger partial charge on any atom is 0.326 e. The molecule has 0 aliphatic carbocycles. The maximum absolute atomic E-state index is 11.8. The molecule has 0 aromatic heterocycles. The molecule has 1 aliphatic rings. The Morgan fingerprint density at radius 1 is 1.44 bits per heavy atom. The largest absolute Gasteiger partial charge is 0.480 e. The fraction of sp³-hybridized carbons (Fsp3) is 0.833. The number of hydrogen-bond acceptors (Lipinski definition) is 3. The van der Waals surface area contributed by atoms with E-state index in [4.69, 9.17) is 5.11 Å². The first kappa shape index (κ1) is 14.8. The first-order valence-corrected chi connectivity index (χ1v) is 6.37. The number of nitrogens with zero attached hydrogens (tertiary/aromatic N) is 1. The number of carboxylic acids is 1. The van der Waals surface area contributed by atoms with Crippen LogP contribution in [0.4, 0.5) is 4.79 Å². The predicted molar refractivity (Wildman–Crippen MR) is 66.2 cm³/mol. The molecule has 2 amide bonds. The summed E-state index contributed by atoms with van der Waals surface area (Å²) in [7, 11) is 0. The van der Waals surface area contributed by atoms with Crippen LogP contribution < -0.4 is 5.32 Å². The van der Waals surface area contributed by atoms with Gasteiger partial charge in [0.05, 0.1) is 6.10 Å². The van der Waals surface area contributed by atoms with Crippen molar-refractivity contribution in [3.05, 3.63) is 0 Å². The molecule has 1 rings (SSSR count). The lowest BCUT2D eigenvalue weighted by atomic mass is 10.1. The van der Waals surface area contributed by atoms with Crippen molar-refractivity contribution in [2.45, 2.75) is 45.3 Å². The van der Waals surface area contributed by atoms with Gasteiger partial charge in [0, 0.05) is 19.5 Å². The third-order valence-corrected chi connectivity index (χ3v) is 3.06. The van der Waals surface area contributed by atoms with Gasteiger partial charge in [0.2, 0.25) is 0 Å². The van der Waals surface area contributed by atoms with Crippen molar-refractivity contribution in [2.24, 2.45) is 5.92 Å². The fourth-order valence-electron chi connectivity index (χ4n) is 2.08. The highest BCUT2D eigenvalue weighted by atomic mass is 16.4. The molecule has 0 radical (unpaired) electrons. The Morgan fingerprint density at radius 2 is 2.11 bits per heavy atom.